The molecule has 0 rings (SSSR count). The van der Waals surface area contributed by atoms with Gasteiger partial charge in [0, 0.05) is 0 Å². The highest BCUT2D eigenvalue weighted by molar-refractivity contribution is 6.29. The summed E-state index contributed by atoms with van der Waals surface area (Å²) in [6.07, 6.45) is 0. The van der Waals surface area contributed by atoms with Gasteiger partial charge in [-0.3, -0.25) is 0 Å². The summed E-state index contributed by atoms with van der Waals surface area (Å²) in [6, 6.07) is 0. The van der Waals surface area contributed by atoms with E-state index in [-0.39, 0.29) is 10.9 Å². The highest BCUT2D eigenvalue weighted by atomic mass is 35.5. The summed E-state index contributed by atoms with van der Waals surface area (Å²) < 4.78 is 0. The first-order chi connectivity index (χ1) is 2.64. The zero-order valence-corrected chi connectivity index (χ0v) is 4.16. The van der Waals surface area contributed by atoms with Gasteiger partial charge in [0.05, 0.1) is 5.03 Å². The number of aliphatic hydroxyl groups excluding tert-OH is 1. The van der Waals surface area contributed by atoms with Gasteiger partial charge in [0.25, 0.3) is 0 Å². The van der Waals surface area contributed by atoms with Crippen LogP contribution in [-0.4, -0.2) is 5.11 Å². The Kier molecular flexibility index (Phi) is 1.81. The molecule has 0 aromatic carbocycles. The Morgan fingerprint density at radius 2 is 2.00 bits per heavy atom. The Bertz CT molecular complexity index is 60.9. The minimum Gasteiger partial charge on any atom is -0.494 e. The number of hydrogen-bond donors (Lipinski definition) is 2. The summed E-state index contributed by atoms with van der Waals surface area (Å²) in [5.74, 6) is -0.309. The fourth-order valence-electron chi connectivity index (χ4n) is 0. The molecule has 0 bridgehead atoms. The van der Waals surface area contributed by atoms with Gasteiger partial charge in [-0.2, -0.15) is 0 Å². The first-order valence-corrected chi connectivity index (χ1v) is 1.83. The number of aliphatic hydroxyl groups is 1. The predicted octanol–water partition coefficient (Wildman–Crippen LogP) is 0.931. The molecule has 0 spiro atoms. The first kappa shape index (κ1) is 5.63. The Morgan fingerprint density at radius 1 is 1.83 bits per heavy atom. The smallest absolute Gasteiger partial charge is 0.196 e. The Balaban J connectivity index is 3.68. The van der Waals surface area contributed by atoms with Crippen molar-refractivity contribution in [2.75, 3.05) is 0 Å². The van der Waals surface area contributed by atoms with E-state index in [0.29, 0.717) is 0 Å². The molecule has 0 atom stereocenters. The van der Waals surface area contributed by atoms with Gasteiger partial charge in [-0.25, -0.2) is 0 Å². The van der Waals surface area contributed by atoms with Gasteiger partial charge in [-0.15, -0.1) is 0 Å². The molecular weight excluding hydrogens is 101 g/mol. The van der Waals surface area contributed by atoms with Gasteiger partial charge in [0.1, 0.15) is 0 Å². The van der Waals surface area contributed by atoms with E-state index in [4.69, 9.17) is 22.4 Å². The average molecular weight is 108 g/mol. The zero-order valence-electron chi connectivity index (χ0n) is 3.40. The lowest BCUT2D eigenvalue weighted by atomic mass is 10.7. The van der Waals surface area contributed by atoms with E-state index in [1.54, 1.807) is 0 Å². The van der Waals surface area contributed by atoms with Crippen LogP contribution in [0.1, 0.15) is 6.92 Å². The fourth-order valence-corrected chi connectivity index (χ4v) is 0. The number of allylic oxidation sites excluding steroid dienone is 1. The van der Waals surface area contributed by atoms with Crippen LogP contribution in [0.25, 0.3) is 0 Å². The lowest BCUT2D eigenvalue weighted by Crippen LogP contribution is -1.94. The first-order valence-electron chi connectivity index (χ1n) is 1.45. The molecular formula is C3H6ClNO. The molecule has 0 radical (unpaired) electrons. The second-order valence-corrected chi connectivity index (χ2v) is 1.49. The van der Waals surface area contributed by atoms with Gasteiger partial charge >= 0.3 is 0 Å². The van der Waals surface area contributed by atoms with Gasteiger partial charge in [0.15, 0.2) is 5.88 Å². The molecule has 0 amide bonds. The molecule has 0 aliphatic carbocycles. The third kappa shape index (κ3) is 1.91. The van der Waals surface area contributed by atoms with Crippen molar-refractivity contribution < 1.29 is 5.11 Å². The number of halogens is 1. The van der Waals surface area contributed by atoms with Crippen LogP contribution in [0.4, 0.5) is 0 Å². The van der Waals surface area contributed by atoms with Crippen molar-refractivity contribution in [3.05, 3.63) is 10.9 Å². The fraction of sp³-hybridized carbons (Fsp3) is 0.333. The molecule has 0 fully saturated rings. The van der Waals surface area contributed by atoms with E-state index in [0.717, 1.165) is 0 Å². The molecule has 0 heterocycles. The second kappa shape index (κ2) is 1.92. The monoisotopic (exact) mass is 107 g/mol. The number of rotatable bonds is 0. The van der Waals surface area contributed by atoms with Crippen LogP contribution in [0.3, 0.4) is 0 Å². The Hall–Kier alpha value is -0.370. The van der Waals surface area contributed by atoms with Crippen LogP contribution < -0.4 is 5.73 Å². The molecule has 0 aliphatic heterocycles. The zero-order chi connectivity index (χ0) is 5.15. The summed E-state index contributed by atoms with van der Waals surface area (Å²) >= 11 is 5.12. The molecule has 0 saturated heterocycles. The van der Waals surface area contributed by atoms with Crippen molar-refractivity contribution in [2.45, 2.75) is 6.92 Å². The highest BCUT2D eigenvalue weighted by Crippen LogP contribution is 1.97. The summed E-state index contributed by atoms with van der Waals surface area (Å²) in [7, 11) is 0. The third-order valence-electron chi connectivity index (χ3n) is 0.353. The van der Waals surface area contributed by atoms with Crippen molar-refractivity contribution in [2.24, 2.45) is 5.73 Å². The lowest BCUT2D eigenvalue weighted by molar-refractivity contribution is 0.402. The normalized spacial score (nSPS) is 13.7. The Morgan fingerprint density at radius 3 is 2.00 bits per heavy atom. The minimum absolute atomic E-state index is 0.231. The molecule has 0 aliphatic rings. The van der Waals surface area contributed by atoms with Crippen LogP contribution in [0.15, 0.2) is 10.9 Å². The highest BCUT2D eigenvalue weighted by Gasteiger charge is 1.82. The maximum absolute atomic E-state index is 8.16. The average Bonchev–Trinajstić information content (AvgIpc) is 1.36. The maximum Gasteiger partial charge on any atom is 0.196 e. The maximum atomic E-state index is 8.16. The standard InChI is InChI=1S/C3H6ClNO/c1-2(4)3(5)6/h6H,5H2,1H3/b3-2-. The van der Waals surface area contributed by atoms with Crippen LogP contribution in [0, 0.1) is 0 Å². The van der Waals surface area contributed by atoms with Crippen molar-refractivity contribution in [1.82, 2.24) is 0 Å². The third-order valence-corrected chi connectivity index (χ3v) is 0.547. The summed E-state index contributed by atoms with van der Waals surface area (Å²) in [6.45, 7) is 1.51. The van der Waals surface area contributed by atoms with E-state index >= 15 is 0 Å². The lowest BCUT2D eigenvalue weighted by Gasteiger charge is -1.84. The van der Waals surface area contributed by atoms with Crippen LogP contribution in [0.2, 0.25) is 0 Å². The second-order valence-electron chi connectivity index (χ2n) is 0.919. The SMILES string of the molecule is C/C(Cl)=C(\N)O. The van der Waals surface area contributed by atoms with E-state index < -0.39 is 0 Å². The molecule has 0 unspecified atom stereocenters. The van der Waals surface area contributed by atoms with Crippen LogP contribution in [-0.2, 0) is 0 Å². The Labute approximate surface area is 41.2 Å². The quantitative estimate of drug-likeness (QED) is 0.453. The van der Waals surface area contributed by atoms with Crippen molar-refractivity contribution in [1.29, 1.82) is 0 Å². The van der Waals surface area contributed by atoms with Gasteiger partial charge in [-0.1, -0.05) is 11.6 Å². The van der Waals surface area contributed by atoms with Crippen LogP contribution >= 0.6 is 11.6 Å². The number of hydrogen-bond acceptors (Lipinski definition) is 2. The van der Waals surface area contributed by atoms with Crippen molar-refractivity contribution in [3.63, 3.8) is 0 Å². The van der Waals surface area contributed by atoms with Crippen molar-refractivity contribution in [3.8, 4) is 0 Å². The number of nitrogens with two attached hydrogens (primary N) is 1. The molecule has 0 aromatic heterocycles. The van der Waals surface area contributed by atoms with Gasteiger partial charge < -0.3 is 10.8 Å². The topological polar surface area (TPSA) is 46.2 Å². The molecule has 0 aromatic rings. The van der Waals surface area contributed by atoms with E-state index in [9.17, 15) is 0 Å². The summed E-state index contributed by atoms with van der Waals surface area (Å²) in [4.78, 5) is 0. The molecule has 0 saturated carbocycles. The predicted molar refractivity (Wildman–Crippen MR) is 25.4 cm³/mol. The summed E-state index contributed by atoms with van der Waals surface area (Å²) in [5.41, 5.74) is 4.74. The van der Waals surface area contributed by atoms with E-state index in [1.165, 1.54) is 6.92 Å². The van der Waals surface area contributed by atoms with E-state index in [2.05, 4.69) is 0 Å². The summed E-state index contributed by atoms with van der Waals surface area (Å²) in [5, 5.41) is 8.39. The minimum atomic E-state index is -0.309. The van der Waals surface area contributed by atoms with Gasteiger partial charge in [-0.05, 0) is 6.92 Å². The van der Waals surface area contributed by atoms with Crippen molar-refractivity contribution >= 4 is 11.6 Å². The van der Waals surface area contributed by atoms with Gasteiger partial charge in [0.2, 0.25) is 0 Å². The van der Waals surface area contributed by atoms with Crippen LogP contribution in [0.5, 0.6) is 0 Å². The largest absolute Gasteiger partial charge is 0.494 e. The van der Waals surface area contributed by atoms with E-state index in [1.807, 2.05) is 0 Å². The molecule has 3 N–H and O–H groups in total. The molecule has 6 heavy (non-hydrogen) atoms. The molecule has 36 valence electrons. The molecule has 3 heteroatoms. The molecule has 2 nitrogen and oxygen atoms in total.